The molecule has 1 amide bonds. The SMILES string of the molecule is CC(C)C(C)NC(=O)c1cc(S(N)(=O)=O)ccc1Br. The van der Waals surface area contributed by atoms with Crippen LogP contribution in [0.4, 0.5) is 0 Å². The monoisotopic (exact) mass is 348 g/mol. The minimum Gasteiger partial charge on any atom is -0.349 e. The molecule has 0 bridgehead atoms. The Morgan fingerprint density at radius 3 is 2.37 bits per heavy atom. The van der Waals surface area contributed by atoms with Gasteiger partial charge in [0.1, 0.15) is 0 Å². The zero-order valence-corrected chi connectivity index (χ0v) is 13.4. The predicted octanol–water partition coefficient (Wildman–Crippen LogP) is 1.87. The number of benzene rings is 1. The normalized spacial score (nSPS) is 13.4. The van der Waals surface area contributed by atoms with Gasteiger partial charge in [0.25, 0.3) is 5.91 Å². The van der Waals surface area contributed by atoms with E-state index in [1.54, 1.807) is 0 Å². The lowest BCUT2D eigenvalue weighted by Gasteiger charge is -2.18. The molecule has 7 heteroatoms. The summed E-state index contributed by atoms with van der Waals surface area (Å²) in [6, 6.07) is 4.09. The highest BCUT2D eigenvalue weighted by atomic mass is 79.9. The number of hydrogen-bond donors (Lipinski definition) is 2. The molecule has 0 saturated heterocycles. The quantitative estimate of drug-likeness (QED) is 0.870. The molecule has 0 aromatic heterocycles. The van der Waals surface area contributed by atoms with Gasteiger partial charge < -0.3 is 5.32 Å². The summed E-state index contributed by atoms with van der Waals surface area (Å²) in [5, 5.41) is 7.86. The maximum atomic E-state index is 12.1. The second-order valence-corrected chi connectivity index (χ2v) is 7.11. The third-order valence-electron chi connectivity index (χ3n) is 2.87. The molecule has 0 aliphatic carbocycles. The van der Waals surface area contributed by atoms with Gasteiger partial charge in [-0.3, -0.25) is 4.79 Å². The molecule has 0 aliphatic rings. The first kappa shape index (κ1) is 16.1. The van der Waals surface area contributed by atoms with E-state index in [1.807, 2.05) is 20.8 Å². The van der Waals surface area contributed by atoms with E-state index in [1.165, 1.54) is 18.2 Å². The minimum atomic E-state index is -3.82. The highest BCUT2D eigenvalue weighted by Crippen LogP contribution is 2.20. The smallest absolute Gasteiger partial charge is 0.252 e. The van der Waals surface area contributed by atoms with Gasteiger partial charge in [-0.15, -0.1) is 0 Å². The number of hydrogen-bond acceptors (Lipinski definition) is 3. The maximum Gasteiger partial charge on any atom is 0.252 e. The first-order chi connectivity index (χ1) is 8.62. The summed E-state index contributed by atoms with van der Waals surface area (Å²) in [7, 11) is -3.82. The van der Waals surface area contributed by atoms with Crippen molar-refractivity contribution in [3.8, 4) is 0 Å². The minimum absolute atomic E-state index is 0.0162. The maximum absolute atomic E-state index is 12.1. The number of halogens is 1. The van der Waals surface area contributed by atoms with Crippen LogP contribution in [0.3, 0.4) is 0 Å². The summed E-state index contributed by atoms with van der Waals surface area (Å²) in [6.45, 7) is 5.86. The van der Waals surface area contributed by atoms with E-state index >= 15 is 0 Å². The second kappa shape index (κ2) is 6.02. The van der Waals surface area contributed by atoms with E-state index < -0.39 is 10.0 Å². The van der Waals surface area contributed by atoms with E-state index in [9.17, 15) is 13.2 Å². The number of rotatable bonds is 4. The Hall–Kier alpha value is -0.920. The topological polar surface area (TPSA) is 89.3 Å². The Morgan fingerprint density at radius 2 is 1.89 bits per heavy atom. The molecular formula is C12H17BrN2O3S. The van der Waals surface area contributed by atoms with Gasteiger partial charge in [0.05, 0.1) is 10.5 Å². The van der Waals surface area contributed by atoms with Crippen molar-refractivity contribution in [1.29, 1.82) is 0 Å². The first-order valence-corrected chi connectivity index (χ1v) is 8.10. The highest BCUT2D eigenvalue weighted by molar-refractivity contribution is 9.10. The average Bonchev–Trinajstić information content (AvgIpc) is 2.27. The summed E-state index contributed by atoms with van der Waals surface area (Å²) in [4.78, 5) is 12.0. The van der Waals surface area contributed by atoms with E-state index in [2.05, 4.69) is 21.2 Å². The van der Waals surface area contributed by atoms with Crippen molar-refractivity contribution >= 4 is 31.9 Å². The van der Waals surface area contributed by atoms with Crippen molar-refractivity contribution in [2.45, 2.75) is 31.7 Å². The standard InChI is InChI=1S/C12H17BrN2O3S/c1-7(2)8(3)15-12(16)10-6-9(19(14,17)18)4-5-11(10)13/h4-8H,1-3H3,(H,15,16)(H2,14,17,18). The van der Waals surface area contributed by atoms with Gasteiger partial charge in [-0.25, -0.2) is 13.6 Å². The number of carbonyl (C=O) groups is 1. The van der Waals surface area contributed by atoms with Crippen LogP contribution in [-0.2, 0) is 10.0 Å². The van der Waals surface area contributed by atoms with Crippen LogP contribution in [0.5, 0.6) is 0 Å². The Balaban J connectivity index is 3.10. The molecule has 1 atom stereocenters. The Kier molecular flexibility index (Phi) is 5.11. The van der Waals surface area contributed by atoms with E-state index in [0.717, 1.165) is 0 Å². The molecule has 1 rings (SSSR count). The van der Waals surface area contributed by atoms with Gasteiger partial charge in [0.2, 0.25) is 10.0 Å². The average molecular weight is 349 g/mol. The van der Waals surface area contributed by atoms with Crippen LogP contribution < -0.4 is 10.5 Å². The molecule has 0 radical (unpaired) electrons. The fraction of sp³-hybridized carbons (Fsp3) is 0.417. The van der Waals surface area contributed by atoms with Crippen LogP contribution in [0.25, 0.3) is 0 Å². The van der Waals surface area contributed by atoms with Crippen LogP contribution in [0.2, 0.25) is 0 Å². The van der Waals surface area contributed by atoms with Crippen LogP contribution in [0, 0.1) is 5.92 Å². The van der Waals surface area contributed by atoms with Crippen molar-refractivity contribution < 1.29 is 13.2 Å². The molecule has 106 valence electrons. The number of primary sulfonamides is 1. The fourth-order valence-corrected chi connectivity index (χ4v) is 2.27. The molecule has 0 saturated carbocycles. The highest BCUT2D eigenvalue weighted by Gasteiger charge is 2.18. The Labute approximate surface area is 121 Å². The van der Waals surface area contributed by atoms with E-state index in [4.69, 9.17) is 5.14 Å². The van der Waals surface area contributed by atoms with Crippen LogP contribution in [-0.4, -0.2) is 20.4 Å². The van der Waals surface area contributed by atoms with Crippen molar-refractivity contribution in [3.63, 3.8) is 0 Å². The summed E-state index contributed by atoms with van der Waals surface area (Å²) in [5.41, 5.74) is 0.249. The first-order valence-electron chi connectivity index (χ1n) is 5.76. The van der Waals surface area contributed by atoms with Gasteiger partial charge in [-0.1, -0.05) is 13.8 Å². The van der Waals surface area contributed by atoms with Gasteiger partial charge in [-0.05, 0) is 47.0 Å². The van der Waals surface area contributed by atoms with E-state index in [0.29, 0.717) is 4.47 Å². The van der Waals surface area contributed by atoms with Crippen molar-refractivity contribution in [2.24, 2.45) is 11.1 Å². The van der Waals surface area contributed by atoms with Gasteiger partial charge in [-0.2, -0.15) is 0 Å². The molecule has 0 aliphatic heterocycles. The zero-order valence-electron chi connectivity index (χ0n) is 11.0. The Morgan fingerprint density at radius 1 is 1.32 bits per heavy atom. The molecule has 1 aromatic carbocycles. The van der Waals surface area contributed by atoms with Crippen molar-refractivity contribution in [3.05, 3.63) is 28.2 Å². The summed E-state index contributed by atoms with van der Waals surface area (Å²) < 4.78 is 23.1. The zero-order chi connectivity index (χ0) is 14.8. The number of sulfonamides is 1. The second-order valence-electron chi connectivity index (χ2n) is 4.69. The number of nitrogens with two attached hydrogens (primary N) is 1. The molecule has 3 N–H and O–H groups in total. The van der Waals surface area contributed by atoms with Crippen molar-refractivity contribution in [1.82, 2.24) is 5.32 Å². The molecular weight excluding hydrogens is 332 g/mol. The third-order valence-corrected chi connectivity index (χ3v) is 4.47. The fourth-order valence-electron chi connectivity index (χ4n) is 1.31. The van der Waals surface area contributed by atoms with Crippen LogP contribution in [0.15, 0.2) is 27.6 Å². The summed E-state index contributed by atoms with van der Waals surface area (Å²) >= 11 is 3.23. The molecule has 0 spiro atoms. The number of nitrogens with one attached hydrogen (secondary N) is 1. The third kappa shape index (κ3) is 4.29. The Bertz CT molecular complexity index is 585. The molecule has 1 unspecified atom stereocenters. The molecule has 1 aromatic rings. The van der Waals surface area contributed by atoms with Gasteiger partial charge in [0, 0.05) is 10.5 Å². The molecule has 5 nitrogen and oxygen atoms in total. The lowest BCUT2D eigenvalue weighted by atomic mass is 10.1. The van der Waals surface area contributed by atoms with Crippen LogP contribution in [0.1, 0.15) is 31.1 Å². The molecule has 0 heterocycles. The van der Waals surface area contributed by atoms with Crippen molar-refractivity contribution in [2.75, 3.05) is 0 Å². The molecule has 19 heavy (non-hydrogen) atoms. The van der Waals surface area contributed by atoms with E-state index in [-0.39, 0.29) is 28.3 Å². The van der Waals surface area contributed by atoms with Gasteiger partial charge in [0.15, 0.2) is 0 Å². The predicted molar refractivity (Wildman–Crippen MR) is 77.3 cm³/mol. The number of carbonyl (C=O) groups excluding carboxylic acids is 1. The number of amides is 1. The molecule has 0 fully saturated rings. The largest absolute Gasteiger partial charge is 0.349 e. The summed E-state index contributed by atoms with van der Waals surface area (Å²) in [5.74, 6) is -0.0530. The van der Waals surface area contributed by atoms with Crippen LogP contribution >= 0.6 is 15.9 Å². The summed E-state index contributed by atoms with van der Waals surface area (Å²) in [6.07, 6.45) is 0. The lowest BCUT2D eigenvalue weighted by Crippen LogP contribution is -2.36. The lowest BCUT2D eigenvalue weighted by molar-refractivity contribution is 0.0929. The van der Waals surface area contributed by atoms with Gasteiger partial charge >= 0.3 is 0 Å².